The second kappa shape index (κ2) is 11.0. The average Bonchev–Trinajstić information content (AvgIpc) is 3.72. The molecule has 10 atom stereocenters. The number of nitrogens with one attached hydrogen (secondary N) is 1. The predicted octanol–water partition coefficient (Wildman–Crippen LogP) is -0.648. The molecule has 3 aliphatic rings. The number of rotatable bonds is 2. The number of anilines is 2. The number of fused-ring (bicyclic) bond motifs is 5. The number of halogens is 1. The highest BCUT2D eigenvalue weighted by Gasteiger charge is 2.54. The Hall–Kier alpha value is -3.08. The van der Waals surface area contributed by atoms with E-state index in [9.17, 15) is 28.8 Å². The molecule has 25 heteroatoms. The number of hydrogen-bond donors (Lipinski definition) is 6. The Labute approximate surface area is 252 Å². The van der Waals surface area contributed by atoms with E-state index in [2.05, 4.69) is 29.9 Å². The van der Waals surface area contributed by atoms with Gasteiger partial charge in [0.15, 0.2) is 41.3 Å². The van der Waals surface area contributed by atoms with E-state index in [0.717, 1.165) is 17.2 Å². The van der Waals surface area contributed by atoms with Crippen LogP contribution in [0.1, 0.15) is 12.5 Å². The number of hydrogen-bond acceptors (Lipinski definition) is 17. The van der Waals surface area contributed by atoms with Gasteiger partial charge < -0.3 is 35.8 Å². The standard InChI is InChI=1S/C20H23FN10O11P2S/c21-8-12-7(40-18(8)30-4-26-9-14(22)24-3-25-15(9)30)2-45-44(36,37)42-13-11(32)6(1-38-43(34,35)41-12)39-19(13)31-5-27-10-16(31)28-20(23)29-17(10)33/h3-8,11-13,18-19,32H,1-2H2,(H,34,35)(H,36,37)(H2,22,24,25)(H3,23,28,29,33)/t6-,7-,8+,11-,12-,13-,18-,19-/m1/s1. The first-order valence-electron chi connectivity index (χ1n) is 12.9. The number of H-pyrrole nitrogens is 1. The molecule has 4 aromatic rings. The Balaban J connectivity index is 1.21. The van der Waals surface area contributed by atoms with Crippen LogP contribution in [-0.2, 0) is 32.2 Å². The molecule has 4 aromatic heterocycles. The maximum Gasteiger partial charge on any atom is 0.472 e. The Morgan fingerprint density at radius 1 is 0.978 bits per heavy atom. The van der Waals surface area contributed by atoms with Crippen LogP contribution in [0.4, 0.5) is 16.2 Å². The molecule has 2 unspecified atom stereocenters. The number of alkyl halides is 1. The van der Waals surface area contributed by atoms with Crippen LogP contribution in [0.5, 0.6) is 0 Å². The number of nitrogens with two attached hydrogens (primary N) is 2. The van der Waals surface area contributed by atoms with E-state index >= 15 is 4.39 Å². The van der Waals surface area contributed by atoms with Crippen molar-refractivity contribution in [1.29, 1.82) is 0 Å². The Morgan fingerprint density at radius 3 is 2.47 bits per heavy atom. The minimum Gasteiger partial charge on any atom is -0.387 e. The molecule has 0 aromatic carbocycles. The van der Waals surface area contributed by atoms with Crippen LogP contribution in [0.3, 0.4) is 0 Å². The fourth-order valence-electron chi connectivity index (χ4n) is 5.26. The van der Waals surface area contributed by atoms with Crippen LogP contribution < -0.4 is 17.0 Å². The third-order valence-corrected chi connectivity index (χ3v) is 11.3. The molecule has 21 nitrogen and oxygen atoms in total. The van der Waals surface area contributed by atoms with E-state index < -0.39 is 81.7 Å². The molecule has 0 spiro atoms. The summed E-state index contributed by atoms with van der Waals surface area (Å²) in [6.07, 6.45) is -9.72. The van der Waals surface area contributed by atoms with Gasteiger partial charge in [0, 0.05) is 5.75 Å². The Morgan fingerprint density at radius 2 is 1.69 bits per heavy atom. The van der Waals surface area contributed by atoms with E-state index in [4.69, 9.17) is 34.5 Å². The van der Waals surface area contributed by atoms with Crippen LogP contribution in [0.2, 0.25) is 0 Å². The third kappa shape index (κ3) is 5.42. The predicted molar refractivity (Wildman–Crippen MR) is 149 cm³/mol. The maximum absolute atomic E-state index is 15.9. The van der Waals surface area contributed by atoms with Gasteiger partial charge in [-0.25, -0.2) is 33.5 Å². The van der Waals surface area contributed by atoms with Gasteiger partial charge in [0.2, 0.25) is 5.95 Å². The summed E-state index contributed by atoms with van der Waals surface area (Å²) < 4.78 is 72.0. The number of aliphatic hydroxyl groups is 1. The van der Waals surface area contributed by atoms with Crippen molar-refractivity contribution in [2.75, 3.05) is 23.8 Å². The third-order valence-electron chi connectivity index (χ3n) is 7.28. The first-order chi connectivity index (χ1) is 21.3. The zero-order chi connectivity index (χ0) is 31.8. The Kier molecular flexibility index (Phi) is 7.49. The highest BCUT2D eigenvalue weighted by molar-refractivity contribution is 8.54. The SMILES string of the molecule is Nc1nc2c(ncn2[C@@H]2O[C@@H]3COP(=O)(O)O[C@H]4[C@H](F)[C@H](n5cnc6c(N)ncnc65)O[C@@H]4CSP(=O)(O)O[C@@H]2[C@@H]3O)c(=O)[nH]1. The normalized spacial score (nSPS) is 37.7. The summed E-state index contributed by atoms with van der Waals surface area (Å²) in [6.45, 7) is -5.56. The van der Waals surface area contributed by atoms with E-state index in [1.807, 2.05) is 0 Å². The van der Waals surface area contributed by atoms with Crippen LogP contribution in [0.15, 0.2) is 23.8 Å². The molecular formula is C20H23FN10O11P2S. The molecule has 7 rings (SSSR count). The van der Waals surface area contributed by atoms with Gasteiger partial charge in [0.1, 0.15) is 36.3 Å². The zero-order valence-corrected chi connectivity index (χ0v) is 24.9. The molecule has 8 N–H and O–H groups in total. The van der Waals surface area contributed by atoms with Crippen molar-refractivity contribution >= 4 is 60.1 Å². The molecule has 2 bridgehead atoms. The molecule has 242 valence electrons. The van der Waals surface area contributed by atoms with Crippen molar-refractivity contribution in [3.63, 3.8) is 0 Å². The lowest BCUT2D eigenvalue weighted by Crippen LogP contribution is -2.35. The minimum absolute atomic E-state index is 0.0141. The fraction of sp³-hybridized carbons (Fsp3) is 0.500. The summed E-state index contributed by atoms with van der Waals surface area (Å²) >= 11 is 0.284. The second-order valence-corrected chi connectivity index (χ2v) is 15.4. The summed E-state index contributed by atoms with van der Waals surface area (Å²) in [6, 6.07) is 0. The maximum atomic E-state index is 15.9. The highest BCUT2D eigenvalue weighted by atomic mass is 32.7. The van der Waals surface area contributed by atoms with Gasteiger partial charge in [-0.2, -0.15) is 4.98 Å². The molecule has 0 saturated carbocycles. The number of phosphoric ester groups is 1. The largest absolute Gasteiger partial charge is 0.472 e. The number of aromatic amines is 1. The summed E-state index contributed by atoms with van der Waals surface area (Å²) in [7, 11) is -5.10. The molecule has 0 amide bonds. The van der Waals surface area contributed by atoms with E-state index in [1.54, 1.807) is 0 Å². The molecular weight excluding hydrogens is 669 g/mol. The van der Waals surface area contributed by atoms with E-state index in [0.29, 0.717) is 0 Å². The van der Waals surface area contributed by atoms with Crippen molar-refractivity contribution in [3.05, 3.63) is 29.3 Å². The summed E-state index contributed by atoms with van der Waals surface area (Å²) in [4.78, 5) is 55.9. The fourth-order valence-corrected chi connectivity index (χ4v) is 8.90. The minimum atomic E-state index is -5.10. The van der Waals surface area contributed by atoms with Gasteiger partial charge in [-0.3, -0.25) is 32.5 Å². The second-order valence-electron chi connectivity index (χ2n) is 10.1. The lowest BCUT2D eigenvalue weighted by atomic mass is 10.1. The van der Waals surface area contributed by atoms with E-state index in [-0.39, 0.29) is 45.5 Å². The van der Waals surface area contributed by atoms with Crippen LogP contribution >= 0.6 is 26.0 Å². The van der Waals surface area contributed by atoms with Crippen molar-refractivity contribution in [1.82, 2.24) is 39.0 Å². The summed E-state index contributed by atoms with van der Waals surface area (Å²) in [5, 5.41) is 11.0. The molecule has 3 saturated heterocycles. The molecule has 45 heavy (non-hydrogen) atoms. The smallest absolute Gasteiger partial charge is 0.387 e. The van der Waals surface area contributed by atoms with Crippen molar-refractivity contribution in [3.8, 4) is 0 Å². The summed E-state index contributed by atoms with van der Waals surface area (Å²) in [5.41, 5.74) is 10.8. The number of aliphatic hydroxyl groups excluding tert-OH is 1. The van der Waals surface area contributed by atoms with Gasteiger partial charge in [-0.05, 0) is 11.4 Å². The summed E-state index contributed by atoms with van der Waals surface area (Å²) in [5.74, 6) is -0.761. The molecule has 7 heterocycles. The number of aromatic nitrogens is 8. The van der Waals surface area contributed by atoms with Crippen LogP contribution in [-0.4, -0.2) is 103 Å². The quantitative estimate of drug-likeness (QED) is 0.142. The monoisotopic (exact) mass is 692 g/mol. The number of ether oxygens (including phenoxy) is 2. The number of nitrogens with zero attached hydrogens (tertiary/aromatic N) is 7. The van der Waals surface area contributed by atoms with Crippen LogP contribution in [0.25, 0.3) is 22.3 Å². The topological polar surface area (TPSA) is 300 Å². The Bertz CT molecular complexity index is 1950. The number of phosphoric acid groups is 1. The highest BCUT2D eigenvalue weighted by Crippen LogP contribution is 2.60. The van der Waals surface area contributed by atoms with Crippen molar-refractivity contribution < 1.29 is 51.5 Å². The van der Waals surface area contributed by atoms with E-state index in [1.165, 1.54) is 10.9 Å². The number of nitrogen functional groups attached to an aromatic ring is 2. The van der Waals surface area contributed by atoms with Gasteiger partial charge in [-0.15, -0.1) is 0 Å². The van der Waals surface area contributed by atoms with Crippen LogP contribution in [0, 0.1) is 0 Å². The molecule has 3 aliphatic heterocycles. The van der Waals surface area contributed by atoms with Crippen molar-refractivity contribution in [2.24, 2.45) is 0 Å². The van der Waals surface area contributed by atoms with Crippen molar-refractivity contribution in [2.45, 2.75) is 49.1 Å². The first-order valence-corrected chi connectivity index (χ1v) is 17.6. The van der Waals surface area contributed by atoms with Gasteiger partial charge in [0.25, 0.3) is 5.56 Å². The zero-order valence-electron chi connectivity index (χ0n) is 22.3. The lowest BCUT2D eigenvalue weighted by molar-refractivity contribution is -0.0528. The molecule has 3 fully saturated rings. The number of imidazole rings is 2. The average molecular weight is 692 g/mol. The lowest BCUT2D eigenvalue weighted by Gasteiger charge is -2.25. The van der Waals surface area contributed by atoms with Gasteiger partial charge in [-0.1, -0.05) is 0 Å². The van der Waals surface area contributed by atoms with Gasteiger partial charge in [0.05, 0.1) is 25.4 Å². The molecule has 0 aliphatic carbocycles. The molecule has 0 radical (unpaired) electrons. The first kappa shape index (κ1) is 30.6. The van der Waals surface area contributed by atoms with Gasteiger partial charge >= 0.3 is 14.6 Å².